The van der Waals surface area contributed by atoms with Crippen LogP contribution in [0.5, 0.6) is 11.6 Å². The van der Waals surface area contributed by atoms with Crippen LogP contribution in [0.15, 0.2) is 30.6 Å². The molecule has 0 spiro atoms. The summed E-state index contributed by atoms with van der Waals surface area (Å²) in [4.78, 5) is 44.3. The summed E-state index contributed by atoms with van der Waals surface area (Å²) >= 11 is 0. The zero-order valence-electron chi connectivity index (χ0n) is 16.7. The first-order valence-corrected chi connectivity index (χ1v) is 9.60. The molecule has 2 aromatic rings. The molecule has 2 heterocycles. The van der Waals surface area contributed by atoms with E-state index in [1.807, 2.05) is 0 Å². The first-order valence-electron chi connectivity index (χ1n) is 9.60. The summed E-state index contributed by atoms with van der Waals surface area (Å²) in [5, 5.41) is 11.8. The third-order valence-electron chi connectivity index (χ3n) is 4.84. The lowest BCUT2D eigenvalue weighted by atomic mass is 9.97. The van der Waals surface area contributed by atoms with Gasteiger partial charge in [-0.15, -0.1) is 0 Å². The Balaban J connectivity index is 1.81. The summed E-state index contributed by atoms with van der Waals surface area (Å²) in [6, 6.07) is 6.25. The monoisotopic (exact) mass is 414 g/mol. The lowest BCUT2D eigenvalue weighted by molar-refractivity contribution is -0.385. The van der Waals surface area contributed by atoms with Crippen molar-refractivity contribution >= 4 is 23.3 Å². The molecule has 10 heteroatoms. The van der Waals surface area contributed by atoms with Gasteiger partial charge in [-0.05, 0) is 51.0 Å². The third-order valence-corrected chi connectivity index (χ3v) is 4.84. The molecule has 158 valence electrons. The molecule has 1 aliphatic rings. The Kier molecular flexibility index (Phi) is 6.55. The van der Waals surface area contributed by atoms with Gasteiger partial charge in [0.15, 0.2) is 5.78 Å². The molecule has 0 saturated carbocycles. The number of hydrogen-bond acceptors (Lipinski definition) is 9. The quantitative estimate of drug-likeness (QED) is 0.291. The number of esters is 1. The lowest BCUT2D eigenvalue weighted by Crippen LogP contribution is -2.37. The Morgan fingerprint density at radius 3 is 2.43 bits per heavy atom. The van der Waals surface area contributed by atoms with E-state index >= 15 is 0 Å². The zero-order valence-corrected chi connectivity index (χ0v) is 16.7. The number of rotatable bonds is 7. The van der Waals surface area contributed by atoms with Crippen molar-refractivity contribution in [2.45, 2.75) is 26.7 Å². The van der Waals surface area contributed by atoms with Crippen LogP contribution < -0.4 is 9.64 Å². The van der Waals surface area contributed by atoms with E-state index in [1.54, 1.807) is 36.1 Å². The number of ketones is 1. The van der Waals surface area contributed by atoms with Crippen molar-refractivity contribution in [1.29, 1.82) is 0 Å². The van der Waals surface area contributed by atoms with E-state index in [9.17, 15) is 19.7 Å². The van der Waals surface area contributed by atoms with Crippen LogP contribution in [0, 0.1) is 16.0 Å². The van der Waals surface area contributed by atoms with Crippen molar-refractivity contribution in [3.63, 3.8) is 0 Å². The molecule has 1 saturated heterocycles. The topological polar surface area (TPSA) is 125 Å². The van der Waals surface area contributed by atoms with Crippen LogP contribution in [-0.2, 0) is 9.53 Å². The molecule has 1 aromatic carbocycles. The second-order valence-electron chi connectivity index (χ2n) is 6.80. The predicted octanol–water partition coefficient (Wildman–Crippen LogP) is 3.16. The molecule has 0 atom stereocenters. The fraction of sp³-hybridized carbons (Fsp3) is 0.400. The highest BCUT2D eigenvalue weighted by Crippen LogP contribution is 2.37. The van der Waals surface area contributed by atoms with Gasteiger partial charge in [-0.1, -0.05) is 0 Å². The summed E-state index contributed by atoms with van der Waals surface area (Å²) in [6.45, 7) is 4.38. The number of piperidine rings is 1. The molecular formula is C20H22N4O6. The highest BCUT2D eigenvalue weighted by Gasteiger charge is 2.33. The largest absolute Gasteiger partial charge is 0.466 e. The van der Waals surface area contributed by atoms with Crippen LogP contribution in [0.2, 0.25) is 0 Å². The molecule has 1 fully saturated rings. The molecule has 0 amide bonds. The van der Waals surface area contributed by atoms with E-state index in [-0.39, 0.29) is 35.1 Å². The van der Waals surface area contributed by atoms with E-state index in [2.05, 4.69) is 9.97 Å². The Hall–Kier alpha value is -3.56. The minimum atomic E-state index is -0.577. The standard InChI is InChI=1S/C20H22N4O6/c1-3-29-20(26)15-8-10-23(11-9-15)18-17(24(27)28)19(22-12-21-18)30-16-6-4-14(5-7-16)13(2)25/h4-7,12,15H,3,8-11H2,1-2H3. The van der Waals surface area contributed by atoms with E-state index in [0.717, 1.165) is 0 Å². The fourth-order valence-electron chi connectivity index (χ4n) is 3.28. The van der Waals surface area contributed by atoms with Crippen molar-refractivity contribution in [2.24, 2.45) is 5.92 Å². The maximum absolute atomic E-state index is 11.9. The second kappa shape index (κ2) is 9.29. The zero-order chi connectivity index (χ0) is 21.7. The summed E-state index contributed by atoms with van der Waals surface area (Å²) in [5.74, 6) is -0.289. The van der Waals surface area contributed by atoms with Crippen molar-refractivity contribution < 1.29 is 24.0 Å². The number of hydrogen-bond donors (Lipinski definition) is 0. The molecule has 1 aromatic heterocycles. The fourth-order valence-corrected chi connectivity index (χ4v) is 3.28. The number of carbonyl (C=O) groups excluding carboxylic acids is 2. The van der Waals surface area contributed by atoms with Crippen LogP contribution in [0.25, 0.3) is 0 Å². The maximum Gasteiger partial charge on any atom is 0.373 e. The third kappa shape index (κ3) is 4.70. The average Bonchev–Trinajstić information content (AvgIpc) is 2.74. The molecule has 3 rings (SSSR count). The Morgan fingerprint density at radius 2 is 1.87 bits per heavy atom. The second-order valence-corrected chi connectivity index (χ2v) is 6.80. The van der Waals surface area contributed by atoms with Gasteiger partial charge in [-0.3, -0.25) is 19.7 Å². The van der Waals surface area contributed by atoms with Gasteiger partial charge < -0.3 is 14.4 Å². The molecule has 30 heavy (non-hydrogen) atoms. The van der Waals surface area contributed by atoms with Crippen molar-refractivity contribution in [3.05, 3.63) is 46.3 Å². The van der Waals surface area contributed by atoms with Crippen molar-refractivity contribution in [3.8, 4) is 11.6 Å². The number of benzene rings is 1. The Bertz CT molecular complexity index is 939. The van der Waals surface area contributed by atoms with Gasteiger partial charge in [0.2, 0.25) is 5.82 Å². The molecule has 0 bridgehead atoms. The van der Waals surface area contributed by atoms with E-state index < -0.39 is 4.92 Å². The molecule has 0 N–H and O–H groups in total. The van der Waals surface area contributed by atoms with E-state index in [1.165, 1.54) is 13.3 Å². The average molecular weight is 414 g/mol. The smallest absolute Gasteiger partial charge is 0.373 e. The van der Waals surface area contributed by atoms with E-state index in [4.69, 9.17) is 9.47 Å². The predicted molar refractivity (Wildman–Crippen MR) is 107 cm³/mol. The van der Waals surface area contributed by atoms with Gasteiger partial charge in [0.05, 0.1) is 17.4 Å². The summed E-state index contributed by atoms with van der Waals surface area (Å²) in [6.07, 6.45) is 2.24. The number of nitro groups is 1. The van der Waals surface area contributed by atoms with Crippen LogP contribution in [0.4, 0.5) is 11.5 Å². The minimum Gasteiger partial charge on any atom is -0.466 e. The molecule has 10 nitrogen and oxygen atoms in total. The van der Waals surface area contributed by atoms with Crippen molar-refractivity contribution in [2.75, 3.05) is 24.6 Å². The molecule has 0 radical (unpaired) electrons. The molecule has 1 aliphatic heterocycles. The first kappa shape index (κ1) is 21.2. The van der Waals surface area contributed by atoms with Gasteiger partial charge in [-0.25, -0.2) is 4.98 Å². The van der Waals surface area contributed by atoms with Gasteiger partial charge in [0.1, 0.15) is 12.1 Å². The summed E-state index contributed by atoms with van der Waals surface area (Å²) in [7, 11) is 0. The van der Waals surface area contributed by atoms with Gasteiger partial charge in [0, 0.05) is 18.7 Å². The Morgan fingerprint density at radius 1 is 1.20 bits per heavy atom. The minimum absolute atomic E-state index is 0.0944. The van der Waals surface area contributed by atoms with Crippen LogP contribution in [0.3, 0.4) is 0 Å². The summed E-state index contributed by atoms with van der Waals surface area (Å²) < 4.78 is 10.7. The van der Waals surface area contributed by atoms with Gasteiger partial charge >= 0.3 is 17.5 Å². The van der Waals surface area contributed by atoms with Crippen LogP contribution in [0.1, 0.15) is 37.0 Å². The number of nitrogens with zero attached hydrogens (tertiary/aromatic N) is 4. The number of aromatic nitrogens is 2. The number of ether oxygens (including phenoxy) is 2. The SMILES string of the molecule is CCOC(=O)C1CCN(c2ncnc(Oc3ccc(C(C)=O)cc3)c2[N+](=O)[O-])CC1. The number of anilines is 1. The number of carbonyl (C=O) groups is 2. The van der Waals surface area contributed by atoms with Gasteiger partial charge in [-0.2, -0.15) is 4.98 Å². The Labute approximate surface area is 173 Å². The molecule has 0 unspecified atom stereocenters. The molecular weight excluding hydrogens is 392 g/mol. The van der Waals surface area contributed by atoms with Crippen molar-refractivity contribution in [1.82, 2.24) is 9.97 Å². The van der Waals surface area contributed by atoms with Crippen LogP contribution in [-0.4, -0.2) is 46.3 Å². The van der Waals surface area contributed by atoms with Gasteiger partial charge in [0.25, 0.3) is 0 Å². The first-order chi connectivity index (χ1) is 14.4. The highest BCUT2D eigenvalue weighted by atomic mass is 16.6. The highest BCUT2D eigenvalue weighted by molar-refractivity contribution is 5.94. The number of Topliss-reactive ketones (excluding diaryl/α,β-unsaturated/α-hetero) is 1. The summed E-state index contributed by atoms with van der Waals surface area (Å²) in [5.41, 5.74) is 0.160. The van der Waals surface area contributed by atoms with E-state index in [0.29, 0.717) is 43.9 Å². The van der Waals surface area contributed by atoms with Crippen LogP contribution >= 0.6 is 0 Å². The lowest BCUT2D eigenvalue weighted by Gasteiger charge is -2.31. The molecule has 0 aliphatic carbocycles. The maximum atomic E-state index is 11.9. The normalized spacial score (nSPS) is 14.3.